The Labute approximate surface area is 186 Å². The van der Waals surface area contributed by atoms with Gasteiger partial charge in [0.1, 0.15) is 0 Å². The Hall–Kier alpha value is -2.42. The van der Waals surface area contributed by atoms with Crippen LogP contribution >= 0.6 is 0 Å². The Morgan fingerprint density at radius 1 is 1.13 bits per heavy atom. The fraction of sp³-hybridized carbons (Fsp3) is 0.435. The molecule has 7 nitrogen and oxygen atoms in total. The molecule has 0 bridgehead atoms. The molecule has 2 atom stereocenters. The Balaban J connectivity index is 1.60. The third-order valence-electron chi connectivity index (χ3n) is 5.67. The number of rotatable bonds is 7. The van der Waals surface area contributed by atoms with E-state index in [2.05, 4.69) is 51.7 Å². The summed E-state index contributed by atoms with van der Waals surface area (Å²) in [6.07, 6.45) is 1.03. The summed E-state index contributed by atoms with van der Waals surface area (Å²) < 4.78 is 26.5. The van der Waals surface area contributed by atoms with E-state index in [1.807, 2.05) is 18.2 Å². The molecule has 0 amide bonds. The van der Waals surface area contributed by atoms with Gasteiger partial charge in [0.15, 0.2) is 5.96 Å². The second kappa shape index (κ2) is 10.3. The molecule has 3 rings (SSSR count). The van der Waals surface area contributed by atoms with Crippen molar-refractivity contribution in [3.8, 4) is 0 Å². The van der Waals surface area contributed by atoms with E-state index in [4.69, 9.17) is 0 Å². The number of likely N-dealkylation sites (tertiary alicyclic amines) is 1. The van der Waals surface area contributed by atoms with Gasteiger partial charge in [-0.1, -0.05) is 48.5 Å². The van der Waals surface area contributed by atoms with Gasteiger partial charge >= 0.3 is 0 Å². The van der Waals surface area contributed by atoms with Gasteiger partial charge in [-0.2, -0.15) is 0 Å². The van der Waals surface area contributed by atoms with Crippen LogP contribution in [0.5, 0.6) is 0 Å². The van der Waals surface area contributed by atoms with Crippen LogP contribution in [0.15, 0.2) is 64.5 Å². The minimum absolute atomic E-state index is 0.283. The third-order valence-corrected chi connectivity index (χ3v) is 7.59. The number of hydrogen-bond donors (Lipinski definition) is 2. The van der Waals surface area contributed by atoms with E-state index in [0.717, 1.165) is 19.5 Å². The first kappa shape index (κ1) is 23.2. The van der Waals surface area contributed by atoms with Crippen LogP contribution in [0, 0.1) is 0 Å². The largest absolute Gasteiger partial charge is 0.352 e. The highest BCUT2D eigenvalue weighted by Gasteiger charge is 2.29. The molecule has 1 aliphatic rings. The van der Waals surface area contributed by atoms with Gasteiger partial charge < -0.3 is 10.6 Å². The first-order chi connectivity index (χ1) is 14.8. The molecule has 8 heteroatoms. The molecule has 31 heavy (non-hydrogen) atoms. The minimum Gasteiger partial charge on any atom is -0.352 e. The van der Waals surface area contributed by atoms with Gasteiger partial charge in [0.25, 0.3) is 0 Å². The molecule has 1 fully saturated rings. The van der Waals surface area contributed by atoms with Crippen LogP contribution in [0.2, 0.25) is 0 Å². The summed E-state index contributed by atoms with van der Waals surface area (Å²) in [5.74, 6) is 0.677. The zero-order valence-corrected chi connectivity index (χ0v) is 19.6. The molecular formula is C23H33N5O2S. The van der Waals surface area contributed by atoms with Crippen molar-refractivity contribution >= 4 is 16.0 Å². The molecule has 1 heterocycles. The highest BCUT2D eigenvalue weighted by molar-refractivity contribution is 7.89. The normalized spacial score (nSPS) is 20.2. The molecule has 0 radical (unpaired) electrons. The summed E-state index contributed by atoms with van der Waals surface area (Å²) in [4.78, 5) is 7.13. The molecule has 1 saturated heterocycles. The molecule has 2 unspecified atom stereocenters. The Morgan fingerprint density at radius 2 is 1.81 bits per heavy atom. The Morgan fingerprint density at radius 3 is 2.48 bits per heavy atom. The lowest BCUT2D eigenvalue weighted by Crippen LogP contribution is -2.44. The molecule has 0 aliphatic carbocycles. The highest BCUT2D eigenvalue weighted by Crippen LogP contribution is 2.21. The van der Waals surface area contributed by atoms with E-state index in [0.29, 0.717) is 29.0 Å². The lowest BCUT2D eigenvalue weighted by Gasteiger charge is -2.21. The monoisotopic (exact) mass is 443 g/mol. The van der Waals surface area contributed by atoms with Gasteiger partial charge in [-0.25, -0.2) is 12.7 Å². The van der Waals surface area contributed by atoms with Gasteiger partial charge in [-0.05, 0) is 30.5 Å². The zero-order valence-electron chi connectivity index (χ0n) is 18.7. The summed E-state index contributed by atoms with van der Waals surface area (Å²) in [5.41, 5.74) is 2.03. The average molecular weight is 444 g/mol. The van der Waals surface area contributed by atoms with Gasteiger partial charge in [0, 0.05) is 52.9 Å². The SMILES string of the molecule is CN=C(NCc1ccccc1S(=O)(=O)N(C)C)NC1CC(C)N(Cc2ccccc2)C1. The van der Waals surface area contributed by atoms with Crippen LogP contribution in [0.4, 0.5) is 0 Å². The first-order valence-corrected chi connectivity index (χ1v) is 12.0. The van der Waals surface area contributed by atoms with Crippen molar-refractivity contribution in [3.63, 3.8) is 0 Å². The lowest BCUT2D eigenvalue weighted by atomic mass is 10.2. The van der Waals surface area contributed by atoms with Crippen molar-refractivity contribution in [3.05, 3.63) is 65.7 Å². The summed E-state index contributed by atoms with van der Waals surface area (Å²) in [7, 11) is 1.32. The first-order valence-electron chi connectivity index (χ1n) is 10.6. The maximum atomic E-state index is 12.6. The van der Waals surface area contributed by atoms with Crippen LogP contribution in [-0.2, 0) is 23.1 Å². The number of aliphatic imine (C=N–C) groups is 1. The van der Waals surface area contributed by atoms with Crippen LogP contribution in [-0.4, -0.2) is 63.4 Å². The van der Waals surface area contributed by atoms with E-state index >= 15 is 0 Å². The molecule has 0 saturated carbocycles. The second-order valence-electron chi connectivity index (χ2n) is 8.16. The van der Waals surface area contributed by atoms with Crippen molar-refractivity contribution in [2.45, 2.75) is 43.4 Å². The van der Waals surface area contributed by atoms with E-state index in [9.17, 15) is 8.42 Å². The van der Waals surface area contributed by atoms with Crippen molar-refractivity contribution in [2.75, 3.05) is 27.7 Å². The molecule has 2 N–H and O–H groups in total. The van der Waals surface area contributed by atoms with Crippen LogP contribution < -0.4 is 10.6 Å². The van der Waals surface area contributed by atoms with Crippen molar-refractivity contribution in [1.82, 2.24) is 19.8 Å². The molecule has 1 aliphatic heterocycles. The third kappa shape index (κ3) is 5.84. The minimum atomic E-state index is -3.50. The van der Waals surface area contributed by atoms with E-state index in [-0.39, 0.29) is 6.04 Å². The van der Waals surface area contributed by atoms with E-state index in [1.54, 1.807) is 33.3 Å². The van der Waals surface area contributed by atoms with Crippen molar-refractivity contribution in [1.29, 1.82) is 0 Å². The molecule has 168 valence electrons. The van der Waals surface area contributed by atoms with Gasteiger partial charge in [-0.15, -0.1) is 0 Å². The van der Waals surface area contributed by atoms with Crippen molar-refractivity contribution < 1.29 is 8.42 Å². The molecular weight excluding hydrogens is 410 g/mol. The van der Waals surface area contributed by atoms with E-state index < -0.39 is 10.0 Å². The summed E-state index contributed by atoms with van der Waals surface area (Å²) in [6, 6.07) is 18.3. The highest BCUT2D eigenvalue weighted by atomic mass is 32.2. The Bertz CT molecular complexity index is 992. The Kier molecular flexibility index (Phi) is 7.69. The number of nitrogens with zero attached hydrogens (tertiary/aromatic N) is 3. The standard InChI is InChI=1S/C23H33N5O2S/c1-18-14-21(17-28(18)16-19-10-6-5-7-11-19)26-23(24-2)25-15-20-12-8-9-13-22(20)31(29,30)27(3)4/h5-13,18,21H,14-17H2,1-4H3,(H2,24,25,26). The molecule has 0 spiro atoms. The second-order valence-corrected chi connectivity index (χ2v) is 10.3. The van der Waals surface area contributed by atoms with E-state index in [1.165, 1.54) is 9.87 Å². The van der Waals surface area contributed by atoms with Crippen LogP contribution in [0.1, 0.15) is 24.5 Å². The number of hydrogen-bond acceptors (Lipinski definition) is 4. The number of benzene rings is 2. The lowest BCUT2D eigenvalue weighted by molar-refractivity contribution is 0.258. The molecule has 2 aromatic rings. The number of nitrogens with one attached hydrogen (secondary N) is 2. The zero-order chi connectivity index (χ0) is 22.4. The van der Waals surface area contributed by atoms with Gasteiger partial charge in [-0.3, -0.25) is 9.89 Å². The quantitative estimate of drug-likeness (QED) is 0.507. The summed E-state index contributed by atoms with van der Waals surface area (Å²) in [5, 5.41) is 6.78. The predicted molar refractivity (Wildman–Crippen MR) is 125 cm³/mol. The fourth-order valence-electron chi connectivity index (χ4n) is 3.91. The van der Waals surface area contributed by atoms with Crippen molar-refractivity contribution in [2.24, 2.45) is 4.99 Å². The number of guanidine groups is 1. The topological polar surface area (TPSA) is 77.0 Å². The van der Waals surface area contributed by atoms with Crippen LogP contribution in [0.3, 0.4) is 0 Å². The summed E-state index contributed by atoms with van der Waals surface area (Å²) >= 11 is 0. The average Bonchev–Trinajstić information content (AvgIpc) is 3.10. The molecule has 0 aromatic heterocycles. The molecule has 2 aromatic carbocycles. The number of sulfonamides is 1. The summed E-state index contributed by atoms with van der Waals surface area (Å²) in [6.45, 7) is 4.49. The van der Waals surface area contributed by atoms with Gasteiger partial charge in [0.05, 0.1) is 4.90 Å². The maximum Gasteiger partial charge on any atom is 0.242 e. The fourth-order valence-corrected chi connectivity index (χ4v) is 5.02. The smallest absolute Gasteiger partial charge is 0.242 e. The predicted octanol–water partition coefficient (Wildman–Crippen LogP) is 2.26. The van der Waals surface area contributed by atoms with Gasteiger partial charge in [0.2, 0.25) is 10.0 Å². The van der Waals surface area contributed by atoms with Crippen LogP contribution in [0.25, 0.3) is 0 Å². The maximum absolute atomic E-state index is 12.6.